The summed E-state index contributed by atoms with van der Waals surface area (Å²) in [6, 6.07) is 21.1. The van der Waals surface area contributed by atoms with Crippen molar-refractivity contribution < 1.29 is 14.1 Å². The summed E-state index contributed by atoms with van der Waals surface area (Å²) >= 11 is 6.20. The van der Waals surface area contributed by atoms with Gasteiger partial charge in [0.25, 0.3) is 5.91 Å². The monoisotopic (exact) mass is 435 g/mol. The van der Waals surface area contributed by atoms with Crippen LogP contribution in [0.15, 0.2) is 71.3 Å². The molecule has 1 amide bonds. The summed E-state index contributed by atoms with van der Waals surface area (Å²) < 4.78 is 11.3. The fraction of sp³-hybridized carbons (Fsp3) is 0.208. The van der Waals surface area contributed by atoms with Crippen molar-refractivity contribution in [2.75, 3.05) is 7.05 Å². The van der Waals surface area contributed by atoms with Crippen molar-refractivity contribution in [1.29, 1.82) is 0 Å². The first kappa shape index (κ1) is 20.9. The fourth-order valence-electron chi connectivity index (χ4n) is 3.31. The van der Waals surface area contributed by atoms with E-state index >= 15 is 0 Å². The Morgan fingerprint density at radius 1 is 1.10 bits per heavy atom. The number of halogens is 1. The molecule has 0 N–H and O–H groups in total. The highest BCUT2D eigenvalue weighted by atomic mass is 35.5. The Kier molecular flexibility index (Phi) is 6.18. The van der Waals surface area contributed by atoms with Crippen molar-refractivity contribution in [1.82, 2.24) is 15.0 Å². The normalized spacial score (nSPS) is 12.0. The Morgan fingerprint density at radius 3 is 2.61 bits per heavy atom. The van der Waals surface area contributed by atoms with Crippen molar-refractivity contribution in [2.24, 2.45) is 0 Å². The van der Waals surface area contributed by atoms with Gasteiger partial charge in [-0.15, -0.1) is 0 Å². The van der Waals surface area contributed by atoms with E-state index < -0.39 is 6.10 Å². The lowest BCUT2D eigenvalue weighted by Crippen LogP contribution is -2.39. The number of hydrogen-bond acceptors (Lipinski definition) is 5. The average molecular weight is 436 g/mol. The minimum absolute atomic E-state index is 0.159. The molecule has 0 bridgehead atoms. The summed E-state index contributed by atoms with van der Waals surface area (Å²) in [6.07, 6.45) is -0.0813. The van der Waals surface area contributed by atoms with Gasteiger partial charge in [0, 0.05) is 12.6 Å². The largest absolute Gasteiger partial charge is 0.481 e. The molecule has 0 saturated carbocycles. The quantitative estimate of drug-likeness (QED) is 0.391. The number of amides is 1. The van der Waals surface area contributed by atoms with Crippen LogP contribution < -0.4 is 4.74 Å². The lowest BCUT2D eigenvalue weighted by Gasteiger charge is -2.22. The Hall–Kier alpha value is -3.38. The predicted octanol–water partition coefficient (Wildman–Crippen LogP) is 5.36. The highest BCUT2D eigenvalue weighted by Crippen LogP contribution is 2.25. The van der Waals surface area contributed by atoms with E-state index in [9.17, 15) is 4.79 Å². The molecular weight excluding hydrogens is 414 g/mol. The summed E-state index contributed by atoms with van der Waals surface area (Å²) in [6.45, 7) is 2.09. The molecule has 0 radical (unpaired) electrons. The summed E-state index contributed by atoms with van der Waals surface area (Å²) in [4.78, 5) is 18.9. The van der Waals surface area contributed by atoms with Crippen molar-refractivity contribution in [3.63, 3.8) is 0 Å². The van der Waals surface area contributed by atoms with Gasteiger partial charge in [0.1, 0.15) is 5.75 Å². The standard InChI is InChI=1S/C24H22ClN3O3/c1-3-21(30-18-13-12-16-8-4-5-9-17(16)14-18)24(29)28(2)15-22-26-23(27-31-22)19-10-6-7-11-20(19)25/h4-14,21H,3,15H2,1-2H3. The Morgan fingerprint density at radius 2 is 1.84 bits per heavy atom. The first-order valence-corrected chi connectivity index (χ1v) is 10.4. The summed E-state index contributed by atoms with van der Waals surface area (Å²) in [5.74, 6) is 1.21. The number of rotatable bonds is 7. The number of carbonyl (C=O) groups excluding carboxylic acids is 1. The Balaban J connectivity index is 1.44. The smallest absolute Gasteiger partial charge is 0.263 e. The highest BCUT2D eigenvalue weighted by molar-refractivity contribution is 6.33. The van der Waals surface area contributed by atoms with Gasteiger partial charge in [-0.1, -0.05) is 66.1 Å². The predicted molar refractivity (Wildman–Crippen MR) is 120 cm³/mol. The number of likely N-dealkylation sites (N-methyl/N-ethyl adjacent to an activating group) is 1. The molecule has 0 saturated heterocycles. The summed E-state index contributed by atoms with van der Waals surface area (Å²) in [5.41, 5.74) is 0.680. The molecule has 158 valence electrons. The lowest BCUT2D eigenvalue weighted by molar-refractivity contribution is -0.138. The van der Waals surface area contributed by atoms with Crippen LogP contribution in [0.5, 0.6) is 5.75 Å². The van der Waals surface area contributed by atoms with E-state index in [2.05, 4.69) is 10.1 Å². The minimum Gasteiger partial charge on any atom is -0.481 e. The summed E-state index contributed by atoms with van der Waals surface area (Å²) in [5, 5.41) is 6.70. The van der Waals surface area contributed by atoms with Crippen molar-refractivity contribution in [2.45, 2.75) is 26.0 Å². The van der Waals surface area contributed by atoms with E-state index in [4.69, 9.17) is 20.9 Å². The molecule has 0 aliphatic rings. The molecule has 1 atom stereocenters. The van der Waals surface area contributed by atoms with Gasteiger partial charge in [0.05, 0.1) is 11.6 Å². The van der Waals surface area contributed by atoms with Crippen LogP contribution in [-0.4, -0.2) is 34.1 Å². The van der Waals surface area contributed by atoms with Gasteiger partial charge in [0.2, 0.25) is 11.7 Å². The molecule has 0 spiro atoms. The van der Waals surface area contributed by atoms with E-state index in [1.165, 1.54) is 4.90 Å². The van der Waals surface area contributed by atoms with Crippen LogP contribution in [0.3, 0.4) is 0 Å². The van der Waals surface area contributed by atoms with E-state index in [-0.39, 0.29) is 12.5 Å². The first-order valence-electron chi connectivity index (χ1n) is 10.0. The van der Waals surface area contributed by atoms with Crippen LogP contribution >= 0.6 is 11.6 Å². The molecule has 7 heteroatoms. The van der Waals surface area contributed by atoms with Gasteiger partial charge in [-0.3, -0.25) is 4.79 Å². The molecule has 1 heterocycles. The van der Waals surface area contributed by atoms with Gasteiger partial charge < -0.3 is 14.2 Å². The zero-order valence-electron chi connectivity index (χ0n) is 17.3. The second kappa shape index (κ2) is 9.18. The van der Waals surface area contributed by atoms with E-state index in [0.29, 0.717) is 34.5 Å². The molecule has 3 aromatic carbocycles. The van der Waals surface area contributed by atoms with Crippen molar-refractivity contribution >= 4 is 28.3 Å². The van der Waals surface area contributed by atoms with Gasteiger partial charge in [-0.05, 0) is 41.5 Å². The second-order valence-electron chi connectivity index (χ2n) is 7.21. The third-order valence-corrected chi connectivity index (χ3v) is 5.31. The highest BCUT2D eigenvalue weighted by Gasteiger charge is 2.24. The Labute approximate surface area is 185 Å². The molecule has 4 aromatic rings. The molecule has 4 rings (SSSR count). The lowest BCUT2D eigenvalue weighted by atomic mass is 10.1. The van der Waals surface area contributed by atoms with Gasteiger partial charge >= 0.3 is 0 Å². The van der Waals surface area contributed by atoms with Crippen LogP contribution in [0.25, 0.3) is 22.2 Å². The third-order valence-electron chi connectivity index (χ3n) is 4.98. The van der Waals surface area contributed by atoms with Crippen LogP contribution in [0.1, 0.15) is 19.2 Å². The number of aromatic nitrogens is 2. The molecule has 1 aromatic heterocycles. The molecule has 6 nitrogen and oxygen atoms in total. The number of ether oxygens (including phenoxy) is 1. The molecule has 31 heavy (non-hydrogen) atoms. The third kappa shape index (κ3) is 4.70. The number of fused-ring (bicyclic) bond motifs is 1. The maximum Gasteiger partial charge on any atom is 0.263 e. The zero-order valence-corrected chi connectivity index (χ0v) is 18.0. The van der Waals surface area contributed by atoms with Gasteiger partial charge in [-0.25, -0.2) is 0 Å². The number of nitrogens with zero attached hydrogens (tertiary/aromatic N) is 3. The Bertz CT molecular complexity index is 1210. The van der Waals surface area contributed by atoms with E-state index in [0.717, 1.165) is 10.8 Å². The molecule has 1 unspecified atom stereocenters. The number of benzene rings is 3. The van der Waals surface area contributed by atoms with E-state index in [1.807, 2.05) is 67.6 Å². The van der Waals surface area contributed by atoms with Crippen molar-refractivity contribution in [3.8, 4) is 17.1 Å². The van der Waals surface area contributed by atoms with E-state index in [1.54, 1.807) is 13.1 Å². The maximum absolute atomic E-state index is 13.0. The SMILES string of the molecule is CCC(Oc1ccc2ccccc2c1)C(=O)N(C)Cc1nc(-c2ccccc2Cl)no1. The van der Waals surface area contributed by atoms with Gasteiger partial charge in [-0.2, -0.15) is 4.98 Å². The van der Waals surface area contributed by atoms with Crippen LogP contribution in [0.4, 0.5) is 0 Å². The van der Waals surface area contributed by atoms with Crippen molar-refractivity contribution in [3.05, 3.63) is 77.6 Å². The van der Waals surface area contributed by atoms with Gasteiger partial charge in [0.15, 0.2) is 6.10 Å². The van der Waals surface area contributed by atoms with Crippen LogP contribution in [-0.2, 0) is 11.3 Å². The first-order chi connectivity index (χ1) is 15.0. The zero-order chi connectivity index (χ0) is 21.8. The molecule has 0 fully saturated rings. The number of hydrogen-bond donors (Lipinski definition) is 0. The fourth-order valence-corrected chi connectivity index (χ4v) is 3.53. The maximum atomic E-state index is 13.0. The summed E-state index contributed by atoms with van der Waals surface area (Å²) in [7, 11) is 1.69. The molecular formula is C24H22ClN3O3. The van der Waals surface area contributed by atoms with Crippen LogP contribution in [0.2, 0.25) is 5.02 Å². The van der Waals surface area contributed by atoms with Crippen LogP contribution in [0, 0.1) is 0 Å². The topological polar surface area (TPSA) is 68.5 Å². The molecule has 0 aliphatic heterocycles. The minimum atomic E-state index is -0.614. The second-order valence-corrected chi connectivity index (χ2v) is 7.62. The number of carbonyl (C=O) groups is 1. The molecule has 0 aliphatic carbocycles. The average Bonchev–Trinajstić information content (AvgIpc) is 3.25.